The predicted molar refractivity (Wildman–Crippen MR) is 53.3 cm³/mol. The molecular weight excluding hydrogens is 152 g/mol. The van der Waals surface area contributed by atoms with Crippen LogP contribution in [0.2, 0.25) is 0 Å². The topological polar surface area (TPSA) is 51.7 Å². The van der Waals surface area contributed by atoms with Crippen LogP contribution in [0.1, 0.15) is 58.8 Å². The van der Waals surface area contributed by atoms with Gasteiger partial charge in [-0.25, -0.2) is 0 Å². The predicted octanol–water partition coefficient (Wildman–Crippen LogP) is 2.29. The lowest BCUT2D eigenvalue weighted by atomic mass is 9.98. The van der Waals surface area contributed by atoms with Gasteiger partial charge >= 0.3 is 0 Å². The highest BCUT2D eigenvalue weighted by Crippen LogP contribution is 2.16. The maximum absolute atomic E-state index is 8.91. The first-order valence-corrected chi connectivity index (χ1v) is 4.99. The van der Waals surface area contributed by atoms with Gasteiger partial charge < -0.3 is 10.6 Å². The molecule has 0 amide bonds. The van der Waals surface area contributed by atoms with E-state index in [0.717, 1.165) is 12.8 Å². The monoisotopic (exact) mass is 176 g/mol. The van der Waals surface area contributed by atoms with Gasteiger partial charge in [-0.3, -0.25) is 0 Å². The van der Waals surface area contributed by atoms with Crippen LogP contribution in [0.25, 0.3) is 0 Å². The molecule has 0 atom stereocenters. The second-order valence-electron chi connectivity index (χ2n) is 3.29. The summed E-state index contributed by atoms with van der Waals surface area (Å²) in [6.07, 6.45) is 8.56. The fourth-order valence-corrected chi connectivity index (χ4v) is 1.08. The fraction of sp³-hybridized carbons (Fsp3) is 1.00. The minimum atomic E-state index is 0. The summed E-state index contributed by atoms with van der Waals surface area (Å²) in [6.45, 7) is 4.36. The SMILES string of the molecule is CCCC.O.OC1CCCCC1. The van der Waals surface area contributed by atoms with Crippen molar-refractivity contribution in [2.24, 2.45) is 0 Å². The molecule has 0 bridgehead atoms. The molecule has 1 aliphatic carbocycles. The zero-order valence-corrected chi connectivity index (χ0v) is 8.47. The van der Waals surface area contributed by atoms with Crippen molar-refractivity contribution in [3.8, 4) is 0 Å². The molecule has 0 unspecified atom stereocenters. The average Bonchev–Trinajstić information content (AvgIpc) is 2.07. The molecular formula is C10H24O2. The number of hydrogen-bond acceptors (Lipinski definition) is 1. The summed E-state index contributed by atoms with van der Waals surface area (Å²) in [4.78, 5) is 0. The van der Waals surface area contributed by atoms with E-state index in [0.29, 0.717) is 0 Å². The van der Waals surface area contributed by atoms with Crippen molar-refractivity contribution in [1.29, 1.82) is 0 Å². The van der Waals surface area contributed by atoms with Gasteiger partial charge in [0.2, 0.25) is 0 Å². The molecule has 2 heteroatoms. The molecule has 0 aromatic rings. The third-order valence-electron chi connectivity index (χ3n) is 2.07. The minimum absolute atomic E-state index is 0. The summed E-state index contributed by atoms with van der Waals surface area (Å²) in [5, 5.41) is 8.91. The minimum Gasteiger partial charge on any atom is -0.412 e. The molecule has 0 saturated heterocycles. The lowest BCUT2D eigenvalue weighted by molar-refractivity contribution is 0.130. The molecule has 0 aromatic heterocycles. The Balaban J connectivity index is 0. The maximum atomic E-state index is 8.91. The summed E-state index contributed by atoms with van der Waals surface area (Å²) in [5.41, 5.74) is 0. The van der Waals surface area contributed by atoms with Crippen LogP contribution < -0.4 is 0 Å². The Bertz CT molecular complexity index is 66.2. The van der Waals surface area contributed by atoms with E-state index in [2.05, 4.69) is 13.8 Å². The van der Waals surface area contributed by atoms with Gasteiger partial charge in [-0.15, -0.1) is 0 Å². The molecule has 3 N–H and O–H groups in total. The summed E-state index contributed by atoms with van der Waals surface area (Å²) in [5.74, 6) is 0. The molecule has 2 nitrogen and oxygen atoms in total. The first kappa shape index (κ1) is 14.4. The summed E-state index contributed by atoms with van der Waals surface area (Å²) >= 11 is 0. The molecule has 76 valence electrons. The first-order chi connectivity index (χ1) is 5.31. The zero-order valence-electron chi connectivity index (χ0n) is 8.47. The smallest absolute Gasteiger partial charge is 0.0540 e. The lowest BCUT2D eigenvalue weighted by Crippen LogP contribution is -2.09. The van der Waals surface area contributed by atoms with Crippen LogP contribution in [0.3, 0.4) is 0 Å². The fourth-order valence-electron chi connectivity index (χ4n) is 1.08. The first-order valence-electron chi connectivity index (χ1n) is 4.99. The molecule has 0 aliphatic heterocycles. The van der Waals surface area contributed by atoms with E-state index in [9.17, 15) is 0 Å². The van der Waals surface area contributed by atoms with E-state index in [1.54, 1.807) is 0 Å². The molecule has 1 aliphatic rings. The van der Waals surface area contributed by atoms with E-state index in [4.69, 9.17) is 5.11 Å². The standard InChI is InChI=1S/C6H12O.C4H10.H2O/c7-6-4-2-1-3-5-6;1-3-4-2;/h6-7H,1-5H2;3-4H2,1-2H3;1H2. The molecule has 0 heterocycles. The second-order valence-corrected chi connectivity index (χ2v) is 3.29. The molecule has 0 radical (unpaired) electrons. The number of unbranched alkanes of at least 4 members (excludes halogenated alkanes) is 1. The van der Waals surface area contributed by atoms with E-state index in [1.807, 2.05) is 0 Å². The van der Waals surface area contributed by atoms with Gasteiger partial charge in [0, 0.05) is 0 Å². The van der Waals surface area contributed by atoms with Crippen molar-refractivity contribution in [2.75, 3.05) is 0 Å². The maximum Gasteiger partial charge on any atom is 0.0540 e. The van der Waals surface area contributed by atoms with Gasteiger partial charge in [0.05, 0.1) is 6.10 Å². The van der Waals surface area contributed by atoms with Gasteiger partial charge in [0.15, 0.2) is 0 Å². The second kappa shape index (κ2) is 10.9. The highest BCUT2D eigenvalue weighted by Gasteiger charge is 2.07. The van der Waals surface area contributed by atoms with Crippen molar-refractivity contribution in [3.05, 3.63) is 0 Å². The van der Waals surface area contributed by atoms with Crippen LogP contribution in [0, 0.1) is 0 Å². The molecule has 0 aromatic carbocycles. The summed E-state index contributed by atoms with van der Waals surface area (Å²) in [6, 6.07) is 0. The van der Waals surface area contributed by atoms with Crippen molar-refractivity contribution < 1.29 is 10.6 Å². The van der Waals surface area contributed by atoms with Crippen LogP contribution >= 0.6 is 0 Å². The number of rotatable bonds is 1. The van der Waals surface area contributed by atoms with Gasteiger partial charge in [-0.2, -0.15) is 0 Å². The zero-order chi connectivity index (χ0) is 8.53. The Morgan fingerprint density at radius 1 is 1.00 bits per heavy atom. The van der Waals surface area contributed by atoms with E-state index in [-0.39, 0.29) is 11.6 Å². The summed E-state index contributed by atoms with van der Waals surface area (Å²) < 4.78 is 0. The van der Waals surface area contributed by atoms with Gasteiger partial charge in [0.1, 0.15) is 0 Å². The van der Waals surface area contributed by atoms with E-state index >= 15 is 0 Å². The van der Waals surface area contributed by atoms with E-state index < -0.39 is 0 Å². The van der Waals surface area contributed by atoms with Gasteiger partial charge in [-0.05, 0) is 12.8 Å². The normalized spacial score (nSPS) is 17.2. The third-order valence-corrected chi connectivity index (χ3v) is 2.07. The van der Waals surface area contributed by atoms with Crippen LogP contribution in [-0.4, -0.2) is 16.7 Å². The Morgan fingerprint density at radius 3 is 1.58 bits per heavy atom. The van der Waals surface area contributed by atoms with Crippen molar-refractivity contribution in [1.82, 2.24) is 0 Å². The summed E-state index contributed by atoms with van der Waals surface area (Å²) in [7, 11) is 0. The Kier molecular flexibility index (Phi) is 13.1. The van der Waals surface area contributed by atoms with Crippen LogP contribution in [0.4, 0.5) is 0 Å². The van der Waals surface area contributed by atoms with Crippen molar-refractivity contribution in [2.45, 2.75) is 64.9 Å². The van der Waals surface area contributed by atoms with Crippen molar-refractivity contribution in [3.63, 3.8) is 0 Å². The number of aliphatic hydroxyl groups excluding tert-OH is 1. The highest BCUT2D eigenvalue weighted by atomic mass is 16.3. The Hall–Kier alpha value is -0.0800. The third kappa shape index (κ3) is 9.92. The Morgan fingerprint density at radius 2 is 1.42 bits per heavy atom. The average molecular weight is 176 g/mol. The largest absolute Gasteiger partial charge is 0.412 e. The number of hydrogen-bond donors (Lipinski definition) is 1. The molecule has 1 rings (SSSR count). The molecule has 12 heavy (non-hydrogen) atoms. The van der Waals surface area contributed by atoms with Crippen LogP contribution in [0.5, 0.6) is 0 Å². The van der Waals surface area contributed by atoms with E-state index in [1.165, 1.54) is 32.1 Å². The molecule has 1 saturated carbocycles. The van der Waals surface area contributed by atoms with Crippen LogP contribution in [0.15, 0.2) is 0 Å². The lowest BCUT2D eigenvalue weighted by Gasteiger charge is -2.14. The van der Waals surface area contributed by atoms with Gasteiger partial charge in [-0.1, -0.05) is 46.0 Å². The molecule has 0 spiro atoms. The quantitative estimate of drug-likeness (QED) is 0.654. The van der Waals surface area contributed by atoms with Crippen LogP contribution in [-0.2, 0) is 0 Å². The van der Waals surface area contributed by atoms with Gasteiger partial charge in [0.25, 0.3) is 0 Å². The highest BCUT2D eigenvalue weighted by molar-refractivity contribution is 4.61. The molecule has 1 fully saturated rings. The number of aliphatic hydroxyl groups is 1. The Labute approximate surface area is 76.3 Å². The van der Waals surface area contributed by atoms with Crippen molar-refractivity contribution >= 4 is 0 Å².